The zero-order chi connectivity index (χ0) is 35.1. The number of benzene rings is 1. The lowest BCUT2D eigenvalue weighted by molar-refractivity contribution is -0.149. The number of amides is 1. The maximum atomic E-state index is 16.3. The van der Waals surface area contributed by atoms with Crippen LogP contribution in [0.25, 0.3) is 11.2 Å². The largest absolute Gasteiger partial charge is 0.462 e. The van der Waals surface area contributed by atoms with Crippen molar-refractivity contribution in [2.75, 3.05) is 24.3 Å². The number of halogens is 1. The number of aliphatic hydroxyl groups excluding tert-OH is 1. The molecule has 17 heteroatoms. The van der Waals surface area contributed by atoms with E-state index in [1.54, 1.807) is 51.2 Å². The zero-order valence-corrected chi connectivity index (χ0v) is 28.9. The average molecular weight is 694 g/mol. The van der Waals surface area contributed by atoms with E-state index >= 15 is 4.39 Å². The van der Waals surface area contributed by atoms with Crippen LogP contribution in [0.3, 0.4) is 0 Å². The van der Waals surface area contributed by atoms with E-state index in [0.29, 0.717) is 6.42 Å². The van der Waals surface area contributed by atoms with Crippen molar-refractivity contribution < 1.29 is 42.2 Å². The van der Waals surface area contributed by atoms with Crippen molar-refractivity contribution in [2.24, 2.45) is 0 Å². The molecule has 1 aliphatic rings. The number of nitrogens with zero attached hydrogens (tertiary/aromatic N) is 4. The quantitative estimate of drug-likeness (QED) is 0.0850. The summed E-state index contributed by atoms with van der Waals surface area (Å²) in [7, 11) is -2.71. The van der Waals surface area contributed by atoms with E-state index in [9.17, 15) is 19.3 Å². The van der Waals surface area contributed by atoms with Crippen molar-refractivity contribution >= 4 is 42.6 Å². The van der Waals surface area contributed by atoms with Crippen molar-refractivity contribution in [3.8, 4) is 5.75 Å². The van der Waals surface area contributed by atoms with Crippen molar-refractivity contribution in [1.29, 1.82) is 0 Å². The molecule has 1 saturated heterocycles. The molecule has 15 nitrogen and oxygen atoms in total. The van der Waals surface area contributed by atoms with Crippen LogP contribution in [0.5, 0.6) is 5.75 Å². The summed E-state index contributed by atoms with van der Waals surface area (Å²) in [5.41, 5.74) is -2.00. The number of hydrogen-bond acceptors (Lipinski definition) is 12. The SMILES string of the molecule is CCCCCCC(=O)Nc1nc(NC)c2ncn([C@@H]3O[C@H](CO[P@@](=O)(N[C@@H](C)C(=O)OC(C)C)Oc4ccccc4)C(O)[C@@]3(C)F)c2n1. The summed E-state index contributed by atoms with van der Waals surface area (Å²) >= 11 is 0. The number of imidazole rings is 1. The van der Waals surface area contributed by atoms with E-state index in [-0.39, 0.29) is 34.6 Å². The second-order valence-electron chi connectivity index (χ2n) is 12.0. The number of unbranched alkanes of at least 4 members (excludes halogenated alkanes) is 3. The Morgan fingerprint density at radius 2 is 1.90 bits per heavy atom. The van der Waals surface area contributed by atoms with E-state index in [0.717, 1.165) is 32.6 Å². The van der Waals surface area contributed by atoms with E-state index in [1.807, 2.05) is 0 Å². The van der Waals surface area contributed by atoms with Crippen LogP contribution in [0.1, 0.15) is 73.0 Å². The smallest absolute Gasteiger partial charge is 0.459 e. The maximum absolute atomic E-state index is 16.3. The van der Waals surface area contributed by atoms with Crippen LogP contribution in [0.2, 0.25) is 0 Å². The molecule has 0 aliphatic carbocycles. The summed E-state index contributed by atoms with van der Waals surface area (Å²) in [5, 5.41) is 19.2. The average Bonchev–Trinajstić information content (AvgIpc) is 3.55. The molecule has 1 aromatic carbocycles. The van der Waals surface area contributed by atoms with Gasteiger partial charge < -0.3 is 24.4 Å². The number of esters is 1. The Labute approximate surface area is 278 Å². The second kappa shape index (κ2) is 16.1. The third-order valence-electron chi connectivity index (χ3n) is 7.57. The summed E-state index contributed by atoms with van der Waals surface area (Å²) in [4.78, 5) is 38.1. The highest BCUT2D eigenvalue weighted by Crippen LogP contribution is 2.48. The van der Waals surface area contributed by atoms with Gasteiger partial charge in [-0.3, -0.25) is 24.0 Å². The Balaban J connectivity index is 1.55. The number of rotatable bonds is 17. The maximum Gasteiger partial charge on any atom is 0.459 e. The molecule has 6 atom stereocenters. The van der Waals surface area contributed by atoms with Gasteiger partial charge in [-0.05, 0) is 46.2 Å². The first-order valence-corrected chi connectivity index (χ1v) is 17.5. The molecular formula is C31H45FN7O8P. The molecule has 1 amide bonds. The monoisotopic (exact) mass is 693 g/mol. The zero-order valence-electron chi connectivity index (χ0n) is 28.0. The third-order valence-corrected chi connectivity index (χ3v) is 9.21. The molecular weight excluding hydrogens is 648 g/mol. The lowest BCUT2D eigenvalue weighted by Crippen LogP contribution is -2.41. The number of carbonyl (C=O) groups is 2. The number of ether oxygens (including phenoxy) is 2. The van der Waals surface area contributed by atoms with Gasteiger partial charge in [0, 0.05) is 13.5 Å². The summed E-state index contributed by atoms with van der Waals surface area (Å²) in [6.07, 6.45) is 0.305. The van der Waals surface area contributed by atoms with Gasteiger partial charge in [0.05, 0.1) is 19.0 Å². The second-order valence-corrected chi connectivity index (χ2v) is 13.7. The molecule has 1 fully saturated rings. The number of aliphatic hydroxyl groups is 1. The third kappa shape index (κ3) is 9.05. The van der Waals surface area contributed by atoms with E-state index in [1.165, 1.54) is 17.8 Å². The molecule has 1 aliphatic heterocycles. The Hall–Kier alpha value is -3.69. The molecule has 3 aromatic rings. The number of para-hydroxylation sites is 1. The number of alkyl halides is 1. The van der Waals surface area contributed by atoms with Gasteiger partial charge in [-0.2, -0.15) is 15.1 Å². The molecule has 0 radical (unpaired) electrons. The van der Waals surface area contributed by atoms with E-state index < -0.39 is 56.6 Å². The highest BCUT2D eigenvalue weighted by atomic mass is 31.2. The normalized spacial score (nSPS) is 22.7. The molecule has 0 bridgehead atoms. The topological polar surface area (TPSA) is 188 Å². The Morgan fingerprint density at radius 1 is 1.17 bits per heavy atom. The molecule has 1 unspecified atom stereocenters. The first-order chi connectivity index (χ1) is 22.8. The Morgan fingerprint density at radius 3 is 2.56 bits per heavy atom. The van der Waals surface area contributed by atoms with Crippen molar-refractivity contribution in [1.82, 2.24) is 24.6 Å². The lowest BCUT2D eigenvalue weighted by Gasteiger charge is -2.25. The van der Waals surface area contributed by atoms with Crippen LogP contribution in [0.4, 0.5) is 16.2 Å². The van der Waals surface area contributed by atoms with Crippen LogP contribution in [-0.2, 0) is 28.2 Å². The first kappa shape index (κ1) is 37.1. The predicted molar refractivity (Wildman–Crippen MR) is 176 cm³/mol. The van der Waals surface area contributed by atoms with Gasteiger partial charge in [-0.15, -0.1) is 0 Å². The van der Waals surface area contributed by atoms with E-state index in [4.69, 9.17) is 18.5 Å². The molecule has 48 heavy (non-hydrogen) atoms. The Bertz CT molecular complexity index is 1590. The fraction of sp³-hybridized carbons (Fsp3) is 0.581. The summed E-state index contributed by atoms with van der Waals surface area (Å²) in [6.45, 7) is 7.41. The van der Waals surface area contributed by atoms with Crippen LogP contribution >= 0.6 is 7.75 Å². The van der Waals surface area contributed by atoms with E-state index in [2.05, 4.69) is 37.6 Å². The minimum atomic E-state index is -4.33. The number of anilines is 2. The summed E-state index contributed by atoms with van der Waals surface area (Å²) in [5.74, 6) is -0.507. The van der Waals surface area contributed by atoms with Gasteiger partial charge >= 0.3 is 13.7 Å². The number of fused-ring (bicyclic) bond motifs is 1. The van der Waals surface area contributed by atoms with Gasteiger partial charge in [0.25, 0.3) is 0 Å². The van der Waals surface area contributed by atoms with Crippen molar-refractivity contribution in [2.45, 2.75) is 103 Å². The molecule has 2 aromatic heterocycles. The number of nitrogens with one attached hydrogen (secondary N) is 3. The summed E-state index contributed by atoms with van der Waals surface area (Å²) < 4.78 is 54.0. The molecule has 3 heterocycles. The minimum absolute atomic E-state index is 0.0109. The van der Waals surface area contributed by atoms with Crippen molar-refractivity contribution in [3.63, 3.8) is 0 Å². The van der Waals surface area contributed by atoms with Crippen molar-refractivity contribution in [3.05, 3.63) is 36.7 Å². The number of hydrogen-bond donors (Lipinski definition) is 4. The van der Waals surface area contributed by atoms with Crippen LogP contribution in [-0.4, -0.2) is 80.2 Å². The summed E-state index contributed by atoms with van der Waals surface area (Å²) in [6, 6.07) is 7.01. The highest BCUT2D eigenvalue weighted by Gasteiger charge is 2.56. The minimum Gasteiger partial charge on any atom is -0.462 e. The predicted octanol–water partition coefficient (Wildman–Crippen LogP) is 4.90. The van der Waals surface area contributed by atoms with Crippen LogP contribution < -0.4 is 20.2 Å². The van der Waals surface area contributed by atoms with Gasteiger partial charge in [0.15, 0.2) is 28.9 Å². The molecule has 0 saturated carbocycles. The van der Waals surface area contributed by atoms with Crippen LogP contribution in [0.15, 0.2) is 36.7 Å². The van der Waals surface area contributed by atoms with Crippen LogP contribution in [0, 0.1) is 0 Å². The first-order valence-electron chi connectivity index (χ1n) is 16.0. The molecule has 4 rings (SSSR count). The molecule has 4 N–H and O–H groups in total. The number of carbonyl (C=O) groups excluding carboxylic acids is 2. The lowest BCUT2D eigenvalue weighted by atomic mass is 9.98. The van der Waals surface area contributed by atoms with Gasteiger partial charge in [0.1, 0.15) is 24.0 Å². The standard InChI is InChI=1S/C31H45FN7O8P/c1-7-8-9-13-16-23(40)35-30-36-26(33-6)24-27(37-30)39(18-34-24)29-31(5,32)25(41)22(46-29)17-44-48(43,47-21-14-11-10-12-15-21)38-20(4)28(42)45-19(2)3/h10-12,14-15,18-20,22,25,29,41H,7-9,13,16-17H2,1-6H3,(H,38,43)(H2,33,35,36,37,40)/t20-,22+,25?,29+,31+,48-/m0/s1. The van der Waals surface area contributed by atoms with Gasteiger partial charge in [-0.25, -0.2) is 13.9 Å². The molecule has 264 valence electrons. The van der Waals surface area contributed by atoms with Gasteiger partial charge in [0.2, 0.25) is 11.9 Å². The highest BCUT2D eigenvalue weighted by molar-refractivity contribution is 7.52. The molecule has 0 spiro atoms. The Kier molecular flexibility index (Phi) is 12.5. The fourth-order valence-electron chi connectivity index (χ4n) is 5.07. The van der Waals surface area contributed by atoms with Gasteiger partial charge in [-0.1, -0.05) is 44.4 Å². The number of aromatic nitrogens is 4. The fourth-order valence-corrected chi connectivity index (χ4v) is 6.58.